The van der Waals surface area contributed by atoms with Crippen molar-refractivity contribution < 1.29 is 4.79 Å². The van der Waals surface area contributed by atoms with Crippen LogP contribution in [-0.2, 0) is 9.54 Å². The van der Waals surface area contributed by atoms with E-state index in [4.69, 9.17) is 4.99 Å². The first-order valence-electron chi connectivity index (χ1n) is 7.75. The molecule has 4 rings (SSSR count). The fraction of sp³-hybridized carbons (Fsp3) is 0.562. The summed E-state index contributed by atoms with van der Waals surface area (Å²) in [5.41, 5.74) is 0.954. The van der Waals surface area contributed by atoms with Gasteiger partial charge in [-0.2, -0.15) is 0 Å². The third-order valence-electron chi connectivity index (χ3n) is 5.22. The number of pyridine rings is 1. The van der Waals surface area contributed by atoms with Gasteiger partial charge in [0.05, 0.1) is 6.04 Å². The summed E-state index contributed by atoms with van der Waals surface area (Å²) in [4.78, 5) is 21.5. The van der Waals surface area contributed by atoms with Crippen molar-refractivity contribution >= 4 is 38.8 Å². The first-order chi connectivity index (χ1) is 10.5. The maximum absolute atomic E-state index is 12.5. The number of hydrogen-bond acceptors (Lipinski definition) is 4. The van der Waals surface area contributed by atoms with Crippen LogP contribution in [0.2, 0.25) is 0 Å². The van der Waals surface area contributed by atoms with E-state index < -0.39 is 4.75 Å². The molecular formula is C16H18BrN3OS. The van der Waals surface area contributed by atoms with Crippen LogP contribution in [0.25, 0.3) is 0 Å². The molecule has 1 N–H and O–H groups in total. The summed E-state index contributed by atoms with van der Waals surface area (Å²) < 4.78 is 0.125. The molecule has 6 heteroatoms. The van der Waals surface area contributed by atoms with E-state index in [0.717, 1.165) is 27.2 Å². The quantitative estimate of drug-likeness (QED) is 0.800. The van der Waals surface area contributed by atoms with Gasteiger partial charge in [-0.3, -0.25) is 9.79 Å². The van der Waals surface area contributed by atoms with Gasteiger partial charge in [-0.15, -0.1) is 0 Å². The van der Waals surface area contributed by atoms with Crippen molar-refractivity contribution in [2.45, 2.75) is 43.4 Å². The number of aromatic nitrogens is 1. The third-order valence-corrected chi connectivity index (χ3v) is 6.88. The zero-order valence-electron chi connectivity index (χ0n) is 12.4. The lowest BCUT2D eigenvalue weighted by Crippen LogP contribution is -2.32. The van der Waals surface area contributed by atoms with Crippen molar-refractivity contribution in [3.8, 4) is 0 Å². The van der Waals surface area contributed by atoms with E-state index in [2.05, 4.69) is 26.2 Å². The van der Waals surface area contributed by atoms with Crippen LogP contribution in [0, 0.1) is 11.8 Å². The number of fused-ring (bicyclic) bond motifs is 2. The Morgan fingerprint density at radius 3 is 3.00 bits per heavy atom. The smallest absolute Gasteiger partial charge is 0.246 e. The number of nitrogens with zero attached hydrogens (tertiary/aromatic N) is 2. The van der Waals surface area contributed by atoms with Crippen LogP contribution in [0.15, 0.2) is 27.9 Å². The summed E-state index contributed by atoms with van der Waals surface area (Å²) in [7, 11) is 0. The molecule has 0 aromatic carbocycles. The highest BCUT2D eigenvalue weighted by molar-refractivity contribution is 9.10. The molecule has 0 spiro atoms. The van der Waals surface area contributed by atoms with E-state index in [-0.39, 0.29) is 5.91 Å². The molecule has 22 heavy (non-hydrogen) atoms. The standard InChI is InChI=1S/C16H18BrN3OS/c1-16(11-4-5-18-13(17)8-11)14(21)20-15(22-16)19-12-7-9-2-3-10(12)6-9/h4-5,8-10,12H,2-3,6-7H2,1H3,(H,19,20,21). The Bertz CT molecular complexity index is 665. The summed E-state index contributed by atoms with van der Waals surface area (Å²) in [6.45, 7) is 1.96. The average molecular weight is 380 g/mol. The minimum Gasteiger partial charge on any atom is -0.304 e. The molecule has 3 fully saturated rings. The van der Waals surface area contributed by atoms with Crippen molar-refractivity contribution in [1.29, 1.82) is 0 Å². The molecule has 1 aromatic heterocycles. The highest BCUT2D eigenvalue weighted by atomic mass is 79.9. The van der Waals surface area contributed by atoms with Crippen molar-refractivity contribution in [2.24, 2.45) is 16.8 Å². The predicted molar refractivity (Wildman–Crippen MR) is 91.7 cm³/mol. The summed E-state index contributed by atoms with van der Waals surface area (Å²) in [6, 6.07) is 4.22. The molecule has 4 atom stereocenters. The molecule has 4 unspecified atom stereocenters. The number of carbonyl (C=O) groups excluding carboxylic acids is 1. The molecule has 3 aliphatic rings. The van der Waals surface area contributed by atoms with Gasteiger partial charge in [0.25, 0.3) is 0 Å². The topological polar surface area (TPSA) is 54.4 Å². The van der Waals surface area contributed by atoms with E-state index in [0.29, 0.717) is 6.04 Å². The van der Waals surface area contributed by atoms with Gasteiger partial charge in [-0.25, -0.2) is 4.98 Å². The minimum absolute atomic E-state index is 0.0116. The number of halogens is 1. The van der Waals surface area contributed by atoms with Crippen LogP contribution in [0.4, 0.5) is 0 Å². The lowest BCUT2D eigenvalue weighted by atomic mass is 9.96. The Hall–Kier alpha value is -0.880. The molecule has 0 radical (unpaired) electrons. The molecule has 2 aliphatic carbocycles. The number of aliphatic imine (C=N–C) groups is 1. The minimum atomic E-state index is -0.623. The molecule has 2 bridgehead atoms. The maximum atomic E-state index is 12.5. The molecule has 116 valence electrons. The summed E-state index contributed by atoms with van der Waals surface area (Å²) in [6.07, 6.45) is 6.92. The lowest BCUT2D eigenvalue weighted by Gasteiger charge is -2.20. The van der Waals surface area contributed by atoms with Gasteiger partial charge in [-0.05, 0) is 71.6 Å². The van der Waals surface area contributed by atoms with Crippen LogP contribution in [0.5, 0.6) is 0 Å². The van der Waals surface area contributed by atoms with Crippen molar-refractivity contribution in [3.05, 3.63) is 28.5 Å². The van der Waals surface area contributed by atoms with Gasteiger partial charge in [0, 0.05) is 6.20 Å². The Labute approximate surface area is 142 Å². The first kappa shape index (κ1) is 14.7. The SMILES string of the molecule is CC1(c2ccnc(Br)c2)SC(=NC2CC3CCC2C3)NC1=O. The molecule has 1 amide bonds. The predicted octanol–water partition coefficient (Wildman–Crippen LogP) is 3.47. The molecule has 2 heterocycles. The second-order valence-corrected chi connectivity index (χ2v) is 8.85. The van der Waals surface area contributed by atoms with Crippen molar-refractivity contribution in [2.75, 3.05) is 0 Å². The Morgan fingerprint density at radius 2 is 2.32 bits per heavy atom. The highest BCUT2D eigenvalue weighted by Gasteiger charge is 2.46. The molecule has 1 aliphatic heterocycles. The number of hydrogen-bond donors (Lipinski definition) is 1. The average Bonchev–Trinajstić information content (AvgIpc) is 3.15. The zero-order chi connectivity index (χ0) is 15.3. The van der Waals surface area contributed by atoms with E-state index in [1.165, 1.54) is 37.4 Å². The zero-order valence-corrected chi connectivity index (χ0v) is 14.8. The molecule has 4 nitrogen and oxygen atoms in total. The van der Waals surface area contributed by atoms with E-state index in [9.17, 15) is 4.79 Å². The van der Waals surface area contributed by atoms with Crippen LogP contribution < -0.4 is 5.32 Å². The number of amides is 1. The van der Waals surface area contributed by atoms with Crippen LogP contribution in [0.1, 0.15) is 38.2 Å². The van der Waals surface area contributed by atoms with Crippen molar-refractivity contribution in [1.82, 2.24) is 10.3 Å². The number of amidine groups is 1. The summed E-state index contributed by atoms with van der Waals surface area (Å²) >= 11 is 4.92. The normalized spacial score (nSPS) is 38.7. The van der Waals surface area contributed by atoms with Gasteiger partial charge >= 0.3 is 0 Å². The van der Waals surface area contributed by atoms with Crippen LogP contribution in [-0.4, -0.2) is 22.1 Å². The monoisotopic (exact) mass is 379 g/mol. The number of carbonyl (C=O) groups is 1. The number of nitrogens with one attached hydrogen (secondary N) is 1. The van der Waals surface area contributed by atoms with Crippen LogP contribution >= 0.6 is 27.7 Å². The Kier molecular flexibility index (Phi) is 3.57. The second kappa shape index (κ2) is 5.34. The first-order valence-corrected chi connectivity index (χ1v) is 9.36. The second-order valence-electron chi connectivity index (χ2n) is 6.63. The van der Waals surface area contributed by atoms with Crippen molar-refractivity contribution in [3.63, 3.8) is 0 Å². The van der Waals surface area contributed by atoms with E-state index in [1.54, 1.807) is 6.20 Å². The number of thioether (sulfide) groups is 1. The van der Waals surface area contributed by atoms with Gasteiger partial charge in [0.15, 0.2) is 5.17 Å². The fourth-order valence-corrected chi connectivity index (χ4v) is 5.42. The van der Waals surface area contributed by atoms with Crippen LogP contribution in [0.3, 0.4) is 0 Å². The van der Waals surface area contributed by atoms with Gasteiger partial charge in [0.1, 0.15) is 9.35 Å². The fourth-order valence-electron chi connectivity index (χ4n) is 3.95. The van der Waals surface area contributed by atoms with Gasteiger partial charge < -0.3 is 5.32 Å². The number of rotatable bonds is 2. The Balaban J connectivity index is 1.58. The highest BCUT2D eigenvalue weighted by Crippen LogP contribution is 2.47. The molecular weight excluding hydrogens is 362 g/mol. The lowest BCUT2D eigenvalue weighted by molar-refractivity contribution is -0.121. The third kappa shape index (κ3) is 2.40. The molecule has 1 aromatic rings. The maximum Gasteiger partial charge on any atom is 0.246 e. The Morgan fingerprint density at radius 1 is 1.45 bits per heavy atom. The van der Waals surface area contributed by atoms with E-state index >= 15 is 0 Å². The molecule has 2 saturated carbocycles. The largest absolute Gasteiger partial charge is 0.304 e. The summed E-state index contributed by atoms with van der Waals surface area (Å²) in [5.74, 6) is 1.61. The van der Waals surface area contributed by atoms with Gasteiger partial charge in [-0.1, -0.05) is 18.2 Å². The summed E-state index contributed by atoms with van der Waals surface area (Å²) in [5, 5.41) is 3.78. The van der Waals surface area contributed by atoms with E-state index in [1.807, 2.05) is 19.1 Å². The molecule has 1 saturated heterocycles. The van der Waals surface area contributed by atoms with Gasteiger partial charge in [0.2, 0.25) is 5.91 Å².